The molecule has 3 N–H and O–H groups in total. The molecule has 0 aliphatic carbocycles. The molecule has 1 aromatic heterocycles. The third kappa shape index (κ3) is 3.46. The van der Waals surface area contributed by atoms with E-state index in [1.165, 1.54) is 12.1 Å². The number of hydrogen-bond acceptors (Lipinski definition) is 5. The van der Waals surface area contributed by atoms with Crippen molar-refractivity contribution >= 4 is 5.82 Å². The van der Waals surface area contributed by atoms with Gasteiger partial charge in [0.1, 0.15) is 17.4 Å². The summed E-state index contributed by atoms with van der Waals surface area (Å²) in [7, 11) is 0. The van der Waals surface area contributed by atoms with E-state index in [2.05, 4.69) is 15.4 Å². The molecule has 0 radical (unpaired) electrons. The fraction of sp³-hybridized carbons (Fsp3) is 0.333. The van der Waals surface area contributed by atoms with Crippen molar-refractivity contribution in [2.75, 3.05) is 5.43 Å². The third-order valence-corrected chi connectivity index (χ3v) is 2.94. The van der Waals surface area contributed by atoms with Crippen molar-refractivity contribution in [2.45, 2.75) is 33.1 Å². The highest BCUT2D eigenvalue weighted by molar-refractivity contribution is 5.49. The van der Waals surface area contributed by atoms with Gasteiger partial charge in [-0.2, -0.15) is 4.98 Å². The first-order valence-corrected chi connectivity index (χ1v) is 6.60. The fourth-order valence-corrected chi connectivity index (χ4v) is 1.69. The van der Waals surface area contributed by atoms with Gasteiger partial charge in [-0.3, -0.25) is 0 Å². The van der Waals surface area contributed by atoms with Gasteiger partial charge in [-0.15, -0.1) is 0 Å². The molecule has 0 amide bonds. The molecule has 0 atom stereocenters. The molecule has 2 aromatic rings. The van der Waals surface area contributed by atoms with Gasteiger partial charge in [-0.25, -0.2) is 15.2 Å². The van der Waals surface area contributed by atoms with Crippen LogP contribution in [0.3, 0.4) is 0 Å². The van der Waals surface area contributed by atoms with Crippen LogP contribution in [-0.4, -0.2) is 9.97 Å². The lowest BCUT2D eigenvalue weighted by Gasteiger charge is -2.20. The van der Waals surface area contributed by atoms with Gasteiger partial charge >= 0.3 is 0 Å². The summed E-state index contributed by atoms with van der Waals surface area (Å²) in [4.78, 5) is 8.84. The van der Waals surface area contributed by atoms with Gasteiger partial charge in [0.25, 0.3) is 0 Å². The maximum absolute atomic E-state index is 12.9. The number of hydrazine groups is 1. The highest BCUT2D eigenvalue weighted by Gasteiger charge is 2.21. The van der Waals surface area contributed by atoms with Gasteiger partial charge in [0.2, 0.25) is 5.88 Å². The lowest BCUT2D eigenvalue weighted by atomic mass is 9.95. The van der Waals surface area contributed by atoms with E-state index >= 15 is 0 Å². The molecule has 0 unspecified atom stereocenters. The Morgan fingerprint density at radius 1 is 1.14 bits per heavy atom. The van der Waals surface area contributed by atoms with Crippen molar-refractivity contribution in [3.05, 3.63) is 41.5 Å². The van der Waals surface area contributed by atoms with E-state index in [0.717, 1.165) is 0 Å². The van der Waals surface area contributed by atoms with Crippen LogP contribution in [0, 0.1) is 12.7 Å². The Kier molecular flexibility index (Phi) is 4.09. The van der Waals surface area contributed by atoms with Crippen LogP contribution >= 0.6 is 0 Å². The van der Waals surface area contributed by atoms with Gasteiger partial charge in [-0.05, 0) is 31.2 Å². The second-order valence-corrected chi connectivity index (χ2v) is 5.78. The first-order chi connectivity index (χ1) is 9.81. The number of ether oxygens (including phenoxy) is 1. The van der Waals surface area contributed by atoms with Crippen LogP contribution in [-0.2, 0) is 5.41 Å². The lowest BCUT2D eigenvalue weighted by molar-refractivity contribution is 0.441. The maximum atomic E-state index is 12.9. The number of nitrogens with one attached hydrogen (secondary N) is 1. The number of benzene rings is 1. The van der Waals surface area contributed by atoms with Gasteiger partial charge in [0.15, 0.2) is 5.82 Å². The second kappa shape index (κ2) is 5.65. The molecule has 0 saturated carbocycles. The van der Waals surface area contributed by atoms with Crippen molar-refractivity contribution < 1.29 is 9.13 Å². The Hall–Kier alpha value is -2.21. The molecule has 21 heavy (non-hydrogen) atoms. The molecule has 1 heterocycles. The van der Waals surface area contributed by atoms with Gasteiger partial charge in [0, 0.05) is 5.41 Å². The molecule has 0 fully saturated rings. The molecule has 5 nitrogen and oxygen atoms in total. The van der Waals surface area contributed by atoms with Crippen molar-refractivity contribution in [1.29, 1.82) is 0 Å². The van der Waals surface area contributed by atoms with E-state index in [1.54, 1.807) is 19.1 Å². The molecule has 0 spiro atoms. The van der Waals surface area contributed by atoms with E-state index in [9.17, 15) is 4.39 Å². The van der Waals surface area contributed by atoms with Crippen LogP contribution in [0.2, 0.25) is 0 Å². The second-order valence-electron chi connectivity index (χ2n) is 5.78. The monoisotopic (exact) mass is 290 g/mol. The molecule has 112 valence electrons. The summed E-state index contributed by atoms with van der Waals surface area (Å²) >= 11 is 0. The van der Waals surface area contributed by atoms with Gasteiger partial charge < -0.3 is 10.2 Å². The molecular formula is C15H19FN4O. The molecule has 0 aliphatic rings. The van der Waals surface area contributed by atoms with Gasteiger partial charge in [0.05, 0.1) is 5.56 Å². The lowest BCUT2D eigenvalue weighted by Crippen LogP contribution is -2.20. The van der Waals surface area contributed by atoms with Crippen molar-refractivity contribution in [3.63, 3.8) is 0 Å². The van der Waals surface area contributed by atoms with E-state index in [4.69, 9.17) is 10.6 Å². The van der Waals surface area contributed by atoms with Crippen LogP contribution in [0.5, 0.6) is 11.6 Å². The zero-order valence-electron chi connectivity index (χ0n) is 12.6. The molecule has 1 aromatic carbocycles. The SMILES string of the molecule is Cc1c(NN)nc(C(C)(C)C)nc1Oc1ccc(F)cc1. The van der Waals surface area contributed by atoms with E-state index in [-0.39, 0.29) is 11.2 Å². The summed E-state index contributed by atoms with van der Waals surface area (Å²) in [5.74, 6) is 7.20. The Morgan fingerprint density at radius 3 is 2.29 bits per heavy atom. The molecule has 6 heteroatoms. The van der Waals surface area contributed by atoms with Crippen LogP contribution in [0.4, 0.5) is 10.2 Å². The van der Waals surface area contributed by atoms with E-state index in [1.807, 2.05) is 20.8 Å². The average Bonchev–Trinajstić information content (AvgIpc) is 2.42. The largest absolute Gasteiger partial charge is 0.439 e. The summed E-state index contributed by atoms with van der Waals surface area (Å²) in [5.41, 5.74) is 2.99. The Balaban J connectivity index is 2.44. The zero-order valence-corrected chi connectivity index (χ0v) is 12.6. The molecule has 0 saturated heterocycles. The average molecular weight is 290 g/mol. The molecule has 2 rings (SSSR count). The third-order valence-electron chi connectivity index (χ3n) is 2.94. The summed E-state index contributed by atoms with van der Waals surface area (Å²) in [6, 6.07) is 5.75. The minimum absolute atomic E-state index is 0.250. The highest BCUT2D eigenvalue weighted by atomic mass is 19.1. The molecule has 0 bridgehead atoms. The first-order valence-electron chi connectivity index (χ1n) is 6.60. The Morgan fingerprint density at radius 2 is 1.76 bits per heavy atom. The predicted molar refractivity (Wildman–Crippen MR) is 79.8 cm³/mol. The van der Waals surface area contributed by atoms with Crippen molar-refractivity contribution in [3.8, 4) is 11.6 Å². The van der Waals surface area contributed by atoms with Crippen molar-refractivity contribution in [1.82, 2.24) is 9.97 Å². The summed E-state index contributed by atoms with van der Waals surface area (Å²) < 4.78 is 18.7. The highest BCUT2D eigenvalue weighted by Crippen LogP contribution is 2.30. The Bertz CT molecular complexity index is 635. The number of nitrogens with two attached hydrogens (primary N) is 1. The van der Waals surface area contributed by atoms with Crippen LogP contribution in [0.1, 0.15) is 32.2 Å². The Labute approximate surface area is 123 Å². The van der Waals surface area contributed by atoms with E-state index < -0.39 is 0 Å². The smallest absolute Gasteiger partial charge is 0.227 e. The summed E-state index contributed by atoms with van der Waals surface area (Å²) in [6.45, 7) is 7.80. The number of halogens is 1. The predicted octanol–water partition coefficient (Wildman–Crippen LogP) is 3.30. The topological polar surface area (TPSA) is 73.1 Å². The number of nitrogens with zero attached hydrogens (tertiary/aromatic N) is 2. The standard InChI is InChI=1S/C15H19FN4O/c1-9-12(20-17)18-14(15(2,3)4)19-13(9)21-11-7-5-10(16)6-8-11/h5-8H,17H2,1-4H3,(H,18,19,20). The normalized spacial score (nSPS) is 11.3. The summed E-state index contributed by atoms with van der Waals surface area (Å²) in [6.07, 6.45) is 0. The first kappa shape index (κ1) is 15.2. The zero-order chi connectivity index (χ0) is 15.6. The number of hydrogen-bond donors (Lipinski definition) is 2. The minimum Gasteiger partial charge on any atom is -0.439 e. The number of aromatic nitrogens is 2. The number of rotatable bonds is 3. The van der Waals surface area contributed by atoms with Crippen LogP contribution in [0.15, 0.2) is 24.3 Å². The van der Waals surface area contributed by atoms with E-state index in [0.29, 0.717) is 28.8 Å². The van der Waals surface area contributed by atoms with Gasteiger partial charge in [-0.1, -0.05) is 20.8 Å². The fourth-order valence-electron chi connectivity index (χ4n) is 1.69. The van der Waals surface area contributed by atoms with Crippen LogP contribution < -0.4 is 16.0 Å². The van der Waals surface area contributed by atoms with Crippen LogP contribution in [0.25, 0.3) is 0 Å². The number of nitrogen functional groups attached to an aromatic ring is 1. The maximum Gasteiger partial charge on any atom is 0.227 e. The molecule has 0 aliphatic heterocycles. The minimum atomic E-state index is -0.318. The van der Waals surface area contributed by atoms with Crippen molar-refractivity contribution in [2.24, 2.45) is 5.84 Å². The molecular weight excluding hydrogens is 271 g/mol. The quantitative estimate of drug-likeness (QED) is 0.670. The number of anilines is 1. The summed E-state index contributed by atoms with van der Waals surface area (Å²) in [5, 5.41) is 0.